The zero-order valence-electron chi connectivity index (χ0n) is 11.4. The van der Waals surface area contributed by atoms with Crippen LogP contribution in [-0.2, 0) is 27.1 Å². The van der Waals surface area contributed by atoms with E-state index in [1.807, 2.05) is 6.07 Å². The topological polar surface area (TPSA) is 92.5 Å². The van der Waals surface area contributed by atoms with E-state index in [2.05, 4.69) is 4.72 Å². The number of rotatable bonds is 5. The van der Waals surface area contributed by atoms with E-state index in [1.54, 1.807) is 25.2 Å². The van der Waals surface area contributed by atoms with Crippen molar-refractivity contribution in [2.75, 3.05) is 13.6 Å². The third-order valence-corrected chi connectivity index (χ3v) is 4.77. The van der Waals surface area contributed by atoms with Crippen molar-refractivity contribution in [3.8, 4) is 0 Å². The van der Waals surface area contributed by atoms with Crippen molar-refractivity contribution >= 4 is 15.9 Å². The fourth-order valence-corrected chi connectivity index (χ4v) is 3.72. The maximum atomic E-state index is 12.2. The summed E-state index contributed by atoms with van der Waals surface area (Å²) in [5, 5.41) is 0. The summed E-state index contributed by atoms with van der Waals surface area (Å²) in [6.45, 7) is 0.863. The third kappa shape index (κ3) is 3.36. The molecule has 1 heterocycles. The molecule has 3 N–H and O–H groups in total. The molecule has 7 heteroatoms. The summed E-state index contributed by atoms with van der Waals surface area (Å²) >= 11 is 0. The molecule has 20 heavy (non-hydrogen) atoms. The Bertz CT molecular complexity index is 601. The number of amides is 1. The van der Waals surface area contributed by atoms with Crippen LogP contribution in [0.3, 0.4) is 0 Å². The van der Waals surface area contributed by atoms with Gasteiger partial charge in [0.05, 0.1) is 5.75 Å². The highest BCUT2D eigenvalue weighted by molar-refractivity contribution is 7.88. The van der Waals surface area contributed by atoms with Gasteiger partial charge in [0.1, 0.15) is 6.04 Å². The number of hydrogen-bond donors (Lipinski definition) is 2. The number of nitrogens with zero attached hydrogens (tertiary/aromatic N) is 1. The van der Waals surface area contributed by atoms with Crippen LogP contribution in [0.4, 0.5) is 0 Å². The molecule has 1 aromatic carbocycles. The van der Waals surface area contributed by atoms with Gasteiger partial charge in [-0.25, -0.2) is 13.1 Å². The predicted molar refractivity (Wildman–Crippen MR) is 76.1 cm³/mol. The summed E-state index contributed by atoms with van der Waals surface area (Å²) in [5.74, 6) is -0.339. The second-order valence-electron chi connectivity index (χ2n) is 4.95. The molecule has 1 atom stereocenters. The molecule has 1 fully saturated rings. The molecular formula is C13H19N3O3S. The highest BCUT2D eigenvalue weighted by atomic mass is 32.2. The summed E-state index contributed by atoms with van der Waals surface area (Å²) in [5.41, 5.74) is 7.06. The van der Waals surface area contributed by atoms with E-state index in [9.17, 15) is 13.2 Å². The number of nitrogens with two attached hydrogens (primary N) is 1. The smallest absolute Gasteiger partial charge is 0.240 e. The number of carbonyl (C=O) groups is 1. The average Bonchev–Trinajstić information content (AvgIpc) is 2.70. The minimum atomic E-state index is -3.56. The summed E-state index contributed by atoms with van der Waals surface area (Å²) in [6.07, 6.45) is 0.507. The van der Waals surface area contributed by atoms with Gasteiger partial charge in [-0.2, -0.15) is 0 Å². The Morgan fingerprint density at radius 2 is 2.00 bits per heavy atom. The van der Waals surface area contributed by atoms with Crippen molar-refractivity contribution < 1.29 is 13.2 Å². The van der Waals surface area contributed by atoms with Gasteiger partial charge in [0.25, 0.3) is 0 Å². The maximum absolute atomic E-state index is 12.2. The average molecular weight is 297 g/mol. The van der Waals surface area contributed by atoms with E-state index in [4.69, 9.17) is 5.73 Å². The van der Waals surface area contributed by atoms with Crippen molar-refractivity contribution in [3.63, 3.8) is 0 Å². The van der Waals surface area contributed by atoms with Crippen LogP contribution in [0.2, 0.25) is 0 Å². The Morgan fingerprint density at radius 3 is 2.55 bits per heavy atom. The van der Waals surface area contributed by atoms with E-state index in [0.717, 1.165) is 5.56 Å². The molecule has 0 saturated carbocycles. The number of hydrogen-bond acceptors (Lipinski definition) is 4. The highest BCUT2D eigenvalue weighted by Crippen LogP contribution is 2.14. The molecule has 1 aliphatic heterocycles. The Morgan fingerprint density at radius 1 is 1.35 bits per heavy atom. The predicted octanol–water partition coefficient (Wildman–Crippen LogP) is -0.205. The van der Waals surface area contributed by atoms with Gasteiger partial charge in [0.2, 0.25) is 15.9 Å². The molecule has 2 rings (SSSR count). The first-order chi connectivity index (χ1) is 9.43. The molecule has 0 spiro atoms. The van der Waals surface area contributed by atoms with Crippen LogP contribution in [0.1, 0.15) is 17.5 Å². The summed E-state index contributed by atoms with van der Waals surface area (Å²) in [6, 6.07) is 6.50. The van der Waals surface area contributed by atoms with Crippen molar-refractivity contribution in [1.82, 2.24) is 9.62 Å². The van der Waals surface area contributed by atoms with Crippen LogP contribution in [0.5, 0.6) is 0 Å². The normalized spacial score (nSPS) is 19.6. The highest BCUT2D eigenvalue weighted by Gasteiger charge is 2.32. The zero-order valence-corrected chi connectivity index (χ0v) is 12.2. The summed E-state index contributed by atoms with van der Waals surface area (Å²) < 4.78 is 26.8. The minimum absolute atomic E-state index is 0.159. The number of benzene rings is 1. The molecular weight excluding hydrogens is 278 g/mol. The van der Waals surface area contributed by atoms with Gasteiger partial charge in [0, 0.05) is 20.1 Å². The number of likely N-dealkylation sites (tertiary alicyclic amines) is 1. The quantitative estimate of drug-likeness (QED) is 0.787. The van der Waals surface area contributed by atoms with Crippen molar-refractivity contribution in [2.45, 2.75) is 24.8 Å². The first-order valence-electron chi connectivity index (χ1n) is 6.45. The van der Waals surface area contributed by atoms with Crippen LogP contribution in [0, 0.1) is 0 Å². The molecule has 110 valence electrons. The molecule has 0 bridgehead atoms. The lowest BCUT2D eigenvalue weighted by Gasteiger charge is -2.14. The first kappa shape index (κ1) is 15.0. The minimum Gasteiger partial charge on any atom is -0.344 e. The van der Waals surface area contributed by atoms with Gasteiger partial charge in [-0.05, 0) is 17.5 Å². The van der Waals surface area contributed by atoms with Crippen molar-refractivity contribution in [2.24, 2.45) is 5.73 Å². The monoisotopic (exact) mass is 297 g/mol. The van der Waals surface area contributed by atoms with E-state index >= 15 is 0 Å². The molecule has 0 aromatic heterocycles. The van der Waals surface area contributed by atoms with Crippen LogP contribution < -0.4 is 10.5 Å². The van der Waals surface area contributed by atoms with Crippen LogP contribution in [0.25, 0.3) is 0 Å². The number of nitrogens with one attached hydrogen (secondary N) is 1. The fourth-order valence-electron chi connectivity index (χ4n) is 2.29. The fraction of sp³-hybridized carbons (Fsp3) is 0.462. The molecule has 1 unspecified atom stereocenters. The van der Waals surface area contributed by atoms with Gasteiger partial charge in [-0.1, -0.05) is 24.3 Å². The Hall–Kier alpha value is -1.44. The van der Waals surface area contributed by atoms with Gasteiger partial charge in [-0.15, -0.1) is 0 Å². The zero-order chi connectivity index (χ0) is 14.8. The second kappa shape index (κ2) is 5.90. The second-order valence-corrected chi connectivity index (χ2v) is 6.70. The van der Waals surface area contributed by atoms with Crippen LogP contribution in [0.15, 0.2) is 24.3 Å². The number of carbonyl (C=O) groups excluding carboxylic acids is 1. The third-order valence-electron chi connectivity index (χ3n) is 3.43. The summed E-state index contributed by atoms with van der Waals surface area (Å²) in [7, 11) is -1.89. The molecule has 1 saturated heterocycles. The molecule has 0 radical (unpaired) electrons. The van der Waals surface area contributed by atoms with Crippen LogP contribution in [-0.4, -0.2) is 38.9 Å². The van der Waals surface area contributed by atoms with E-state index in [1.165, 1.54) is 4.90 Å². The first-order valence-corrected chi connectivity index (χ1v) is 8.10. The standard InChI is InChI=1S/C13H19N3O3S/c1-16-7-6-12(13(16)17)15-20(18,19)9-11-5-3-2-4-10(11)8-14/h2-5,12,15H,6-9,14H2,1H3. The lowest BCUT2D eigenvalue weighted by atomic mass is 10.1. The van der Waals surface area contributed by atoms with E-state index in [0.29, 0.717) is 18.5 Å². The van der Waals surface area contributed by atoms with Gasteiger partial charge in [0.15, 0.2) is 0 Å². The van der Waals surface area contributed by atoms with E-state index in [-0.39, 0.29) is 18.2 Å². The number of likely N-dealkylation sites (N-methyl/N-ethyl adjacent to an activating group) is 1. The number of sulfonamides is 1. The largest absolute Gasteiger partial charge is 0.344 e. The van der Waals surface area contributed by atoms with Crippen molar-refractivity contribution in [3.05, 3.63) is 35.4 Å². The Labute approximate surface area is 119 Å². The van der Waals surface area contributed by atoms with Gasteiger partial charge in [-0.3, -0.25) is 4.79 Å². The lowest BCUT2D eigenvalue weighted by molar-refractivity contribution is -0.127. The van der Waals surface area contributed by atoms with Gasteiger partial charge < -0.3 is 10.6 Å². The summed E-state index contributed by atoms with van der Waals surface area (Å²) in [4.78, 5) is 13.3. The SMILES string of the molecule is CN1CCC(NS(=O)(=O)Cc2ccccc2CN)C1=O. The van der Waals surface area contributed by atoms with Gasteiger partial charge >= 0.3 is 0 Å². The lowest BCUT2D eigenvalue weighted by Crippen LogP contribution is -2.41. The molecule has 1 aromatic rings. The van der Waals surface area contributed by atoms with Crippen molar-refractivity contribution in [1.29, 1.82) is 0 Å². The molecule has 1 aliphatic rings. The Balaban J connectivity index is 2.10. The molecule has 6 nitrogen and oxygen atoms in total. The molecule has 1 amide bonds. The molecule has 0 aliphatic carbocycles. The Kier molecular flexibility index (Phi) is 4.42. The van der Waals surface area contributed by atoms with Crippen LogP contribution >= 0.6 is 0 Å². The maximum Gasteiger partial charge on any atom is 0.240 e. The van der Waals surface area contributed by atoms with E-state index < -0.39 is 16.1 Å².